The highest BCUT2D eigenvalue weighted by Crippen LogP contribution is 2.08. The molecular formula is C17H25NO3. The number of carbonyl (C=O) groups excluding carboxylic acids is 1. The van der Waals surface area contributed by atoms with E-state index in [0.29, 0.717) is 25.7 Å². The molecule has 0 aliphatic carbocycles. The van der Waals surface area contributed by atoms with Crippen molar-refractivity contribution in [3.8, 4) is 0 Å². The van der Waals surface area contributed by atoms with Gasteiger partial charge in [-0.05, 0) is 44.3 Å². The fourth-order valence-electron chi connectivity index (χ4n) is 2.45. The van der Waals surface area contributed by atoms with E-state index in [1.54, 1.807) is 0 Å². The Morgan fingerprint density at radius 1 is 1.14 bits per heavy atom. The SMILES string of the molecule is O=C(CCOC1CCNCC1)OCCCc1ccccc1. The molecule has 0 atom stereocenters. The number of carbonyl (C=O) groups is 1. The second-order valence-corrected chi connectivity index (χ2v) is 5.38. The first kappa shape index (κ1) is 16.0. The number of aryl methyl sites for hydroxylation is 1. The lowest BCUT2D eigenvalue weighted by atomic mass is 10.1. The average Bonchev–Trinajstić information content (AvgIpc) is 2.54. The second kappa shape index (κ2) is 9.53. The highest BCUT2D eigenvalue weighted by atomic mass is 16.5. The molecule has 0 amide bonds. The lowest BCUT2D eigenvalue weighted by Gasteiger charge is -2.22. The summed E-state index contributed by atoms with van der Waals surface area (Å²) in [6, 6.07) is 10.2. The summed E-state index contributed by atoms with van der Waals surface area (Å²) < 4.78 is 10.9. The largest absolute Gasteiger partial charge is 0.466 e. The highest BCUT2D eigenvalue weighted by Gasteiger charge is 2.13. The van der Waals surface area contributed by atoms with Gasteiger partial charge < -0.3 is 14.8 Å². The van der Waals surface area contributed by atoms with Crippen LogP contribution in [0.15, 0.2) is 30.3 Å². The van der Waals surface area contributed by atoms with E-state index in [0.717, 1.165) is 38.8 Å². The van der Waals surface area contributed by atoms with Gasteiger partial charge in [0.1, 0.15) is 0 Å². The highest BCUT2D eigenvalue weighted by molar-refractivity contribution is 5.69. The number of esters is 1. The molecule has 1 saturated heterocycles. The van der Waals surface area contributed by atoms with Crippen molar-refractivity contribution in [2.24, 2.45) is 0 Å². The van der Waals surface area contributed by atoms with Crippen molar-refractivity contribution in [1.82, 2.24) is 5.32 Å². The molecule has 1 aliphatic rings. The van der Waals surface area contributed by atoms with Crippen molar-refractivity contribution in [2.45, 2.75) is 38.2 Å². The summed E-state index contributed by atoms with van der Waals surface area (Å²) in [7, 11) is 0. The first-order valence-corrected chi connectivity index (χ1v) is 7.86. The van der Waals surface area contributed by atoms with E-state index < -0.39 is 0 Å². The Morgan fingerprint density at radius 2 is 1.90 bits per heavy atom. The van der Waals surface area contributed by atoms with Crippen molar-refractivity contribution in [3.63, 3.8) is 0 Å². The zero-order valence-electron chi connectivity index (χ0n) is 12.6. The number of ether oxygens (including phenoxy) is 2. The van der Waals surface area contributed by atoms with E-state index in [1.807, 2.05) is 18.2 Å². The normalized spacial score (nSPS) is 15.8. The Bertz CT molecular complexity index is 402. The summed E-state index contributed by atoms with van der Waals surface area (Å²) in [6.07, 6.45) is 4.54. The first-order valence-electron chi connectivity index (χ1n) is 7.86. The van der Waals surface area contributed by atoms with E-state index in [1.165, 1.54) is 5.56 Å². The quantitative estimate of drug-likeness (QED) is 0.590. The Morgan fingerprint density at radius 3 is 2.67 bits per heavy atom. The Hall–Kier alpha value is -1.39. The van der Waals surface area contributed by atoms with Gasteiger partial charge in [-0.2, -0.15) is 0 Å². The molecule has 116 valence electrons. The minimum absolute atomic E-state index is 0.156. The number of piperidine rings is 1. The van der Waals surface area contributed by atoms with Crippen molar-refractivity contribution in [1.29, 1.82) is 0 Å². The van der Waals surface area contributed by atoms with Crippen LogP contribution in [0.2, 0.25) is 0 Å². The molecule has 0 saturated carbocycles. The summed E-state index contributed by atoms with van der Waals surface area (Å²) in [5, 5.41) is 3.29. The average molecular weight is 291 g/mol. The Balaban J connectivity index is 1.47. The zero-order valence-corrected chi connectivity index (χ0v) is 12.6. The van der Waals surface area contributed by atoms with E-state index in [2.05, 4.69) is 17.4 Å². The summed E-state index contributed by atoms with van der Waals surface area (Å²) in [4.78, 5) is 11.6. The number of rotatable bonds is 8. The van der Waals surface area contributed by atoms with Gasteiger partial charge in [0.05, 0.1) is 25.7 Å². The van der Waals surface area contributed by atoms with Crippen molar-refractivity contribution in [3.05, 3.63) is 35.9 Å². The van der Waals surface area contributed by atoms with Crippen LogP contribution < -0.4 is 5.32 Å². The molecule has 1 aromatic rings. The molecule has 2 rings (SSSR count). The van der Waals surface area contributed by atoms with Gasteiger partial charge >= 0.3 is 5.97 Å². The van der Waals surface area contributed by atoms with Crippen LogP contribution in [0, 0.1) is 0 Å². The van der Waals surface area contributed by atoms with Gasteiger partial charge in [0, 0.05) is 0 Å². The zero-order chi connectivity index (χ0) is 14.8. The number of hydrogen-bond donors (Lipinski definition) is 1. The minimum atomic E-state index is -0.156. The smallest absolute Gasteiger partial charge is 0.308 e. The standard InChI is InChI=1S/C17H25NO3/c19-17(10-14-20-16-8-11-18-12-9-16)21-13-4-7-15-5-2-1-3-6-15/h1-3,5-6,16,18H,4,7-14H2. The molecule has 1 aromatic carbocycles. The minimum Gasteiger partial charge on any atom is -0.466 e. The van der Waals surface area contributed by atoms with Gasteiger partial charge in [0.15, 0.2) is 0 Å². The van der Waals surface area contributed by atoms with Crippen molar-refractivity contribution < 1.29 is 14.3 Å². The lowest BCUT2D eigenvalue weighted by Crippen LogP contribution is -2.32. The molecule has 0 unspecified atom stereocenters. The Kier molecular flexibility index (Phi) is 7.25. The van der Waals surface area contributed by atoms with Gasteiger partial charge in [-0.15, -0.1) is 0 Å². The maximum atomic E-state index is 11.6. The lowest BCUT2D eigenvalue weighted by molar-refractivity contribution is -0.145. The van der Waals surface area contributed by atoms with Crippen LogP contribution in [0.1, 0.15) is 31.2 Å². The third-order valence-corrected chi connectivity index (χ3v) is 3.66. The predicted molar refractivity (Wildman–Crippen MR) is 82.2 cm³/mol. The molecule has 1 heterocycles. The van der Waals surface area contributed by atoms with E-state index >= 15 is 0 Å². The Labute approximate surface area is 126 Å². The molecule has 0 radical (unpaired) electrons. The van der Waals surface area contributed by atoms with Gasteiger partial charge in [0.2, 0.25) is 0 Å². The van der Waals surface area contributed by atoms with Gasteiger partial charge in [-0.25, -0.2) is 0 Å². The van der Waals surface area contributed by atoms with Crippen LogP contribution in [0.5, 0.6) is 0 Å². The van der Waals surface area contributed by atoms with Gasteiger partial charge in [-0.1, -0.05) is 30.3 Å². The van der Waals surface area contributed by atoms with Crippen LogP contribution in [-0.4, -0.2) is 38.4 Å². The first-order chi connectivity index (χ1) is 10.3. The topological polar surface area (TPSA) is 47.6 Å². The number of nitrogens with one attached hydrogen (secondary N) is 1. The third-order valence-electron chi connectivity index (χ3n) is 3.66. The van der Waals surface area contributed by atoms with Crippen LogP contribution in [0.3, 0.4) is 0 Å². The summed E-state index contributed by atoms with van der Waals surface area (Å²) in [5.41, 5.74) is 1.28. The fraction of sp³-hybridized carbons (Fsp3) is 0.588. The molecule has 1 fully saturated rings. The molecule has 0 aromatic heterocycles. The summed E-state index contributed by atoms with van der Waals surface area (Å²) in [6.45, 7) is 2.98. The summed E-state index contributed by atoms with van der Waals surface area (Å²) >= 11 is 0. The van der Waals surface area contributed by atoms with E-state index in [9.17, 15) is 4.79 Å². The third kappa shape index (κ3) is 6.74. The molecule has 4 nitrogen and oxygen atoms in total. The maximum absolute atomic E-state index is 11.6. The number of benzene rings is 1. The molecule has 1 aliphatic heterocycles. The van der Waals surface area contributed by atoms with E-state index in [4.69, 9.17) is 9.47 Å². The van der Waals surface area contributed by atoms with Crippen molar-refractivity contribution in [2.75, 3.05) is 26.3 Å². The molecular weight excluding hydrogens is 266 g/mol. The van der Waals surface area contributed by atoms with Crippen LogP contribution >= 0.6 is 0 Å². The van der Waals surface area contributed by atoms with E-state index in [-0.39, 0.29) is 5.97 Å². The monoisotopic (exact) mass is 291 g/mol. The molecule has 1 N–H and O–H groups in total. The molecule has 4 heteroatoms. The summed E-state index contributed by atoms with van der Waals surface area (Å²) in [5.74, 6) is -0.156. The second-order valence-electron chi connectivity index (χ2n) is 5.38. The van der Waals surface area contributed by atoms with Crippen molar-refractivity contribution >= 4 is 5.97 Å². The maximum Gasteiger partial charge on any atom is 0.308 e. The molecule has 0 spiro atoms. The predicted octanol–water partition coefficient (Wildman–Crippen LogP) is 2.32. The molecule has 0 bridgehead atoms. The molecule has 21 heavy (non-hydrogen) atoms. The van der Waals surface area contributed by atoms with Crippen LogP contribution in [0.25, 0.3) is 0 Å². The van der Waals surface area contributed by atoms with Crippen LogP contribution in [-0.2, 0) is 20.7 Å². The number of hydrogen-bond acceptors (Lipinski definition) is 4. The van der Waals surface area contributed by atoms with Gasteiger partial charge in [-0.3, -0.25) is 4.79 Å². The fourth-order valence-corrected chi connectivity index (χ4v) is 2.45. The van der Waals surface area contributed by atoms with Gasteiger partial charge in [0.25, 0.3) is 0 Å². The van der Waals surface area contributed by atoms with Crippen LogP contribution in [0.4, 0.5) is 0 Å².